The quantitative estimate of drug-likeness (QED) is 0.299. The van der Waals surface area contributed by atoms with Crippen molar-refractivity contribution in [1.29, 1.82) is 0 Å². The minimum Gasteiger partial charge on any atom is -0.371 e. The average Bonchev–Trinajstić information content (AvgIpc) is 3.14. The van der Waals surface area contributed by atoms with Crippen molar-refractivity contribution in [2.75, 3.05) is 87.2 Å². The third-order valence-corrected chi connectivity index (χ3v) is 10.8. The molecule has 0 unspecified atom stereocenters. The molecule has 0 bridgehead atoms. The molecule has 3 saturated heterocycles. The number of benzene rings is 3. The zero-order valence-electron chi connectivity index (χ0n) is 28.8. The highest BCUT2D eigenvalue weighted by Gasteiger charge is 2.34. The van der Waals surface area contributed by atoms with E-state index in [4.69, 9.17) is 0 Å². The highest BCUT2D eigenvalue weighted by atomic mass is 32.2. The van der Waals surface area contributed by atoms with Crippen LogP contribution in [0.2, 0.25) is 0 Å². The molecule has 53 heavy (non-hydrogen) atoms. The van der Waals surface area contributed by atoms with E-state index in [-0.39, 0.29) is 53.9 Å². The summed E-state index contributed by atoms with van der Waals surface area (Å²) in [6.07, 6.45) is -6.09. The summed E-state index contributed by atoms with van der Waals surface area (Å²) < 4.78 is 131. The minimum absolute atomic E-state index is 0.0143. The van der Waals surface area contributed by atoms with Crippen molar-refractivity contribution in [2.45, 2.75) is 36.5 Å². The molecule has 0 spiro atoms. The molecule has 3 aromatic carbocycles. The Kier molecular flexibility index (Phi) is 12.4. The number of hydrogen-bond acceptors (Lipinski definition) is 7. The fourth-order valence-corrected chi connectivity index (χ4v) is 7.24. The zero-order valence-corrected chi connectivity index (χ0v) is 29.7. The van der Waals surface area contributed by atoms with Gasteiger partial charge in [-0.25, -0.2) is 21.9 Å². The largest absolute Gasteiger partial charge is 0.416 e. The second kappa shape index (κ2) is 16.5. The van der Waals surface area contributed by atoms with E-state index in [1.165, 1.54) is 25.2 Å². The average molecular weight is 777 g/mol. The molecule has 18 heteroatoms. The molecule has 0 aliphatic carbocycles. The first-order valence-electron chi connectivity index (χ1n) is 17.1. The molecule has 9 nitrogen and oxygen atoms in total. The van der Waals surface area contributed by atoms with Gasteiger partial charge in [-0.3, -0.25) is 4.79 Å². The van der Waals surface area contributed by atoms with Crippen molar-refractivity contribution in [2.24, 2.45) is 0 Å². The molecule has 3 fully saturated rings. The predicted molar refractivity (Wildman–Crippen MR) is 185 cm³/mol. The molecule has 3 aromatic rings. The number of rotatable bonds is 6. The van der Waals surface area contributed by atoms with Gasteiger partial charge >= 0.3 is 12.4 Å². The van der Waals surface area contributed by atoms with Crippen molar-refractivity contribution in [3.63, 3.8) is 0 Å². The molecule has 2 N–H and O–H groups in total. The third-order valence-electron chi connectivity index (χ3n) is 9.39. The number of hydrogen-bond donors (Lipinski definition) is 2. The lowest BCUT2D eigenvalue weighted by Gasteiger charge is -2.37. The number of carbonyl (C=O) groups is 1. The number of alkyl halides is 6. The third kappa shape index (κ3) is 9.69. The van der Waals surface area contributed by atoms with Crippen LogP contribution in [0.4, 0.5) is 52.2 Å². The highest BCUT2D eigenvalue weighted by molar-refractivity contribution is 7.89. The van der Waals surface area contributed by atoms with Gasteiger partial charge in [-0.1, -0.05) is 0 Å². The molecule has 0 radical (unpaired) electrons. The Morgan fingerprint density at radius 3 is 1.58 bits per heavy atom. The van der Waals surface area contributed by atoms with E-state index in [1.807, 2.05) is 0 Å². The molecular formula is C35H40F8N6O3S. The first kappa shape index (κ1) is 40.0. The zero-order chi connectivity index (χ0) is 38.6. The van der Waals surface area contributed by atoms with Crippen LogP contribution in [0.1, 0.15) is 40.7 Å². The fraction of sp³-hybridized carbons (Fsp3) is 0.457. The van der Waals surface area contributed by atoms with E-state index >= 15 is 0 Å². The number of piperazine rings is 2. The fourth-order valence-electron chi connectivity index (χ4n) is 6.49. The Morgan fingerprint density at radius 2 is 1.11 bits per heavy atom. The number of sulfonamides is 1. The van der Waals surface area contributed by atoms with Gasteiger partial charge in [0.05, 0.1) is 33.0 Å². The van der Waals surface area contributed by atoms with E-state index in [0.717, 1.165) is 50.6 Å². The predicted octanol–water partition coefficient (Wildman–Crippen LogP) is 5.96. The summed E-state index contributed by atoms with van der Waals surface area (Å²) >= 11 is 0. The smallest absolute Gasteiger partial charge is 0.371 e. The monoisotopic (exact) mass is 776 g/mol. The molecule has 6 rings (SSSR count). The Balaban J connectivity index is 0.000000265. The van der Waals surface area contributed by atoms with Crippen molar-refractivity contribution < 1.29 is 48.3 Å². The van der Waals surface area contributed by atoms with Gasteiger partial charge in [0.1, 0.15) is 11.6 Å². The van der Waals surface area contributed by atoms with E-state index in [9.17, 15) is 48.3 Å². The van der Waals surface area contributed by atoms with Crippen molar-refractivity contribution >= 4 is 33.0 Å². The first-order chi connectivity index (χ1) is 25.0. The van der Waals surface area contributed by atoms with E-state index < -0.39 is 45.1 Å². The van der Waals surface area contributed by atoms with Gasteiger partial charge in [-0.2, -0.15) is 26.3 Å². The first-order valence-corrected chi connectivity index (χ1v) is 18.5. The van der Waals surface area contributed by atoms with Gasteiger partial charge < -0.3 is 24.9 Å². The Labute approximate surface area is 302 Å². The van der Waals surface area contributed by atoms with Gasteiger partial charge in [0.2, 0.25) is 10.0 Å². The molecule has 1 amide bonds. The van der Waals surface area contributed by atoms with E-state index in [1.54, 1.807) is 20.8 Å². The van der Waals surface area contributed by atoms with Crippen LogP contribution >= 0.6 is 0 Å². The number of nitrogens with zero attached hydrogens (tertiary/aromatic N) is 4. The molecule has 0 aromatic heterocycles. The van der Waals surface area contributed by atoms with Gasteiger partial charge in [0, 0.05) is 71.1 Å². The second-order valence-electron chi connectivity index (χ2n) is 12.8. The maximum absolute atomic E-state index is 14.4. The van der Waals surface area contributed by atoms with Crippen LogP contribution in [0.25, 0.3) is 0 Å². The standard InChI is InChI=1S/C24H28F4N4O3S.C11H12F4N2/c1-29-36(34,35)18-6-8-21(30-9-3-2-4-10-30)19(16-18)23(33)32-13-11-31(12-14-32)22-7-5-17(15-20(22)25)24(26,27)28;12-9-7-8(11(13,14)15)1-2-10(9)17-5-3-16-4-6-17/h5-8,15-16,29H,2-4,9-14H2,1H3;1-2,7,16H,3-6H2. The van der Waals surface area contributed by atoms with Crippen LogP contribution in [-0.2, 0) is 22.4 Å². The van der Waals surface area contributed by atoms with Gasteiger partial charge in [0.15, 0.2) is 0 Å². The summed E-state index contributed by atoms with van der Waals surface area (Å²) in [6, 6.07) is 9.63. The van der Waals surface area contributed by atoms with Gasteiger partial charge in [-0.05, 0) is 80.9 Å². The van der Waals surface area contributed by atoms with Gasteiger partial charge in [-0.15, -0.1) is 0 Å². The number of halogens is 8. The molecule has 290 valence electrons. The molecule has 3 aliphatic heterocycles. The van der Waals surface area contributed by atoms with Crippen LogP contribution in [0.15, 0.2) is 59.5 Å². The SMILES string of the molecule is CNS(=O)(=O)c1ccc(N2CCCCC2)c(C(=O)N2CCN(c3ccc(C(F)(F)F)cc3F)CC2)c1.Fc1cc(C(F)(F)F)ccc1N1CCNCC1. The van der Waals surface area contributed by atoms with E-state index in [0.29, 0.717) is 44.0 Å². The number of piperidine rings is 1. The summed E-state index contributed by atoms with van der Waals surface area (Å²) in [7, 11) is -2.46. The Morgan fingerprint density at radius 1 is 0.642 bits per heavy atom. The number of carbonyl (C=O) groups excluding carboxylic acids is 1. The van der Waals surface area contributed by atoms with Crippen molar-refractivity contribution in [1.82, 2.24) is 14.9 Å². The van der Waals surface area contributed by atoms with Crippen LogP contribution in [-0.4, -0.2) is 91.7 Å². The Bertz CT molecular complexity index is 1860. The summed E-state index contributed by atoms with van der Waals surface area (Å²) in [6.45, 7) is 5.01. The van der Waals surface area contributed by atoms with Crippen LogP contribution in [0, 0.1) is 11.6 Å². The summed E-state index contributed by atoms with van der Waals surface area (Å²) in [5, 5.41) is 3.10. The minimum atomic E-state index is -4.63. The molecule has 0 atom stereocenters. The molecule has 3 heterocycles. The molecule has 3 aliphatic rings. The molecular weight excluding hydrogens is 736 g/mol. The molecule has 0 saturated carbocycles. The lowest BCUT2D eigenvalue weighted by molar-refractivity contribution is -0.138. The lowest BCUT2D eigenvalue weighted by Crippen LogP contribution is -2.49. The Hall–Kier alpha value is -4.16. The van der Waals surface area contributed by atoms with Gasteiger partial charge in [0.25, 0.3) is 5.91 Å². The summed E-state index contributed by atoms with van der Waals surface area (Å²) in [5.41, 5.74) is -0.771. The normalized spacial score (nSPS) is 17.4. The highest BCUT2D eigenvalue weighted by Crippen LogP contribution is 2.34. The number of anilines is 3. The van der Waals surface area contributed by atoms with E-state index in [2.05, 4.69) is 14.9 Å². The summed E-state index contributed by atoms with van der Waals surface area (Å²) in [4.78, 5) is 20.5. The lowest BCUT2D eigenvalue weighted by atomic mass is 10.1. The van der Waals surface area contributed by atoms with Crippen molar-refractivity contribution in [3.8, 4) is 0 Å². The summed E-state index contributed by atoms with van der Waals surface area (Å²) in [5.74, 6) is -2.13. The van der Waals surface area contributed by atoms with Crippen LogP contribution < -0.4 is 24.7 Å². The number of amides is 1. The van der Waals surface area contributed by atoms with Crippen LogP contribution in [0.5, 0.6) is 0 Å². The maximum Gasteiger partial charge on any atom is 0.416 e. The van der Waals surface area contributed by atoms with Crippen molar-refractivity contribution in [3.05, 3.63) is 82.9 Å². The maximum atomic E-state index is 14.4. The second-order valence-corrected chi connectivity index (χ2v) is 14.7. The van der Waals surface area contributed by atoms with Crippen LogP contribution in [0.3, 0.4) is 0 Å². The topological polar surface area (TPSA) is 88.2 Å². The number of nitrogens with one attached hydrogen (secondary N) is 2.